The van der Waals surface area contributed by atoms with Gasteiger partial charge in [-0.05, 0) is 19.3 Å². The highest BCUT2D eigenvalue weighted by molar-refractivity contribution is 7.07. The van der Waals surface area contributed by atoms with Crippen LogP contribution in [0.4, 0.5) is 13.2 Å². The second kappa shape index (κ2) is 4.17. The van der Waals surface area contributed by atoms with Gasteiger partial charge in [0.15, 0.2) is 0 Å². The summed E-state index contributed by atoms with van der Waals surface area (Å²) >= 11 is 0.606. The third-order valence-electron chi connectivity index (χ3n) is 2.42. The molecule has 1 aromatic rings. The van der Waals surface area contributed by atoms with E-state index in [0.29, 0.717) is 11.5 Å². The van der Waals surface area contributed by atoms with Crippen molar-refractivity contribution in [3.05, 3.63) is 5.82 Å². The van der Waals surface area contributed by atoms with E-state index >= 15 is 0 Å². The Bertz CT molecular complexity index is 368. The van der Waals surface area contributed by atoms with Gasteiger partial charge in [0.2, 0.25) is 0 Å². The smallest absolute Gasteiger partial charge is 0.452 e. The van der Waals surface area contributed by atoms with Crippen molar-refractivity contribution >= 4 is 11.5 Å². The number of rotatable bonds is 2. The summed E-state index contributed by atoms with van der Waals surface area (Å²) in [5, 5.41) is -0.0605. The van der Waals surface area contributed by atoms with E-state index in [-0.39, 0.29) is 17.3 Å². The average Bonchev–Trinajstić information content (AvgIpc) is 2.76. The molecule has 1 aliphatic carbocycles. The Kier molecular flexibility index (Phi) is 3.02. The van der Waals surface area contributed by atoms with E-state index in [1.54, 1.807) is 0 Å². The number of nitrogens with two attached hydrogens (primary N) is 1. The molecule has 1 aromatic heterocycles. The number of hydrogen-bond acceptors (Lipinski definition) is 5. The number of ether oxygens (including phenoxy) is 1. The minimum atomic E-state index is -4.52. The number of aromatic nitrogens is 2. The molecule has 2 atom stereocenters. The van der Waals surface area contributed by atoms with E-state index in [4.69, 9.17) is 10.5 Å². The lowest BCUT2D eigenvalue weighted by atomic mass is 10.2. The molecule has 0 bridgehead atoms. The van der Waals surface area contributed by atoms with Gasteiger partial charge in [-0.15, -0.1) is 0 Å². The lowest BCUT2D eigenvalue weighted by Gasteiger charge is -2.14. The summed E-state index contributed by atoms with van der Waals surface area (Å²) in [6.45, 7) is 0. The monoisotopic (exact) mass is 253 g/mol. The van der Waals surface area contributed by atoms with Gasteiger partial charge in [0.1, 0.15) is 6.10 Å². The fourth-order valence-electron chi connectivity index (χ4n) is 1.60. The number of halogens is 3. The first-order valence-electron chi connectivity index (χ1n) is 4.80. The van der Waals surface area contributed by atoms with Crippen LogP contribution >= 0.6 is 11.5 Å². The molecule has 1 aliphatic rings. The van der Waals surface area contributed by atoms with Gasteiger partial charge in [0.05, 0.1) is 0 Å². The fraction of sp³-hybridized carbons (Fsp3) is 0.750. The molecule has 0 amide bonds. The Labute approximate surface area is 93.8 Å². The Morgan fingerprint density at radius 3 is 2.62 bits per heavy atom. The van der Waals surface area contributed by atoms with E-state index in [1.165, 1.54) is 0 Å². The standard InChI is InChI=1S/C8H10F3N3OS/c9-8(10,11)6-13-7(16-14-6)15-5-3-1-2-4(5)12/h4-5H,1-3,12H2. The first-order valence-corrected chi connectivity index (χ1v) is 5.57. The van der Waals surface area contributed by atoms with E-state index < -0.39 is 12.0 Å². The third kappa shape index (κ3) is 2.43. The van der Waals surface area contributed by atoms with Crippen LogP contribution in [0.15, 0.2) is 0 Å². The molecule has 0 saturated heterocycles. The van der Waals surface area contributed by atoms with Crippen LogP contribution in [0.3, 0.4) is 0 Å². The summed E-state index contributed by atoms with van der Waals surface area (Å²) < 4.78 is 45.1. The molecule has 4 nitrogen and oxygen atoms in total. The highest BCUT2D eigenvalue weighted by atomic mass is 32.1. The first kappa shape index (κ1) is 11.6. The van der Waals surface area contributed by atoms with Gasteiger partial charge in [-0.3, -0.25) is 0 Å². The van der Waals surface area contributed by atoms with Crippen molar-refractivity contribution in [3.63, 3.8) is 0 Å². The molecule has 2 rings (SSSR count). The van der Waals surface area contributed by atoms with Crippen molar-refractivity contribution < 1.29 is 17.9 Å². The molecule has 1 saturated carbocycles. The van der Waals surface area contributed by atoms with Gasteiger partial charge in [-0.1, -0.05) is 0 Å². The van der Waals surface area contributed by atoms with Crippen molar-refractivity contribution in [2.75, 3.05) is 0 Å². The second-order valence-electron chi connectivity index (χ2n) is 3.63. The topological polar surface area (TPSA) is 61.0 Å². The van der Waals surface area contributed by atoms with Crippen molar-refractivity contribution in [3.8, 4) is 5.19 Å². The summed E-state index contributed by atoms with van der Waals surface area (Å²) in [4.78, 5) is 3.28. The number of nitrogens with zero attached hydrogens (tertiary/aromatic N) is 2. The number of alkyl halides is 3. The molecule has 16 heavy (non-hydrogen) atoms. The van der Waals surface area contributed by atoms with Crippen molar-refractivity contribution in [1.82, 2.24) is 9.36 Å². The zero-order valence-corrected chi connectivity index (χ0v) is 9.01. The average molecular weight is 253 g/mol. The maximum Gasteiger partial charge on any atom is 0.452 e. The van der Waals surface area contributed by atoms with Gasteiger partial charge in [0.25, 0.3) is 11.0 Å². The van der Waals surface area contributed by atoms with Gasteiger partial charge in [-0.25, -0.2) is 0 Å². The summed E-state index contributed by atoms with van der Waals surface area (Å²) in [6.07, 6.45) is -2.25. The van der Waals surface area contributed by atoms with Crippen LogP contribution in [0.25, 0.3) is 0 Å². The van der Waals surface area contributed by atoms with Gasteiger partial charge >= 0.3 is 6.18 Å². The SMILES string of the molecule is NC1CCCC1Oc1nc(C(F)(F)F)ns1. The Morgan fingerprint density at radius 2 is 2.12 bits per heavy atom. The van der Waals surface area contributed by atoms with Gasteiger partial charge in [-0.2, -0.15) is 22.5 Å². The minimum Gasteiger partial charge on any atom is -0.464 e. The summed E-state index contributed by atoms with van der Waals surface area (Å²) in [5.74, 6) is -1.15. The zero-order chi connectivity index (χ0) is 11.8. The molecule has 0 spiro atoms. The Hall–Kier alpha value is -0.890. The van der Waals surface area contributed by atoms with E-state index in [2.05, 4.69) is 9.36 Å². The molecule has 90 valence electrons. The molecule has 8 heteroatoms. The molecule has 2 N–H and O–H groups in total. The van der Waals surface area contributed by atoms with Crippen molar-refractivity contribution in [1.29, 1.82) is 0 Å². The minimum absolute atomic E-state index is 0.0605. The maximum absolute atomic E-state index is 12.2. The first-order chi connectivity index (χ1) is 7.47. The molecule has 0 aromatic carbocycles. The van der Waals surface area contributed by atoms with E-state index in [0.717, 1.165) is 19.3 Å². The Morgan fingerprint density at radius 1 is 1.38 bits per heavy atom. The summed E-state index contributed by atoms with van der Waals surface area (Å²) in [6, 6.07) is -0.127. The van der Waals surface area contributed by atoms with E-state index in [1.807, 2.05) is 0 Å². The highest BCUT2D eigenvalue weighted by Crippen LogP contribution is 2.31. The van der Waals surface area contributed by atoms with Crippen LogP contribution in [0, 0.1) is 0 Å². The van der Waals surface area contributed by atoms with E-state index in [9.17, 15) is 13.2 Å². The van der Waals surface area contributed by atoms with Gasteiger partial charge in [0, 0.05) is 17.6 Å². The molecule has 2 unspecified atom stereocenters. The van der Waals surface area contributed by atoms with Crippen LogP contribution in [0.2, 0.25) is 0 Å². The largest absolute Gasteiger partial charge is 0.464 e. The van der Waals surface area contributed by atoms with Gasteiger partial charge < -0.3 is 10.5 Å². The fourth-order valence-corrected chi connectivity index (χ4v) is 2.21. The van der Waals surface area contributed by atoms with Crippen LogP contribution in [0.1, 0.15) is 25.1 Å². The number of hydrogen-bond donors (Lipinski definition) is 1. The van der Waals surface area contributed by atoms with Crippen LogP contribution in [-0.2, 0) is 6.18 Å². The quantitative estimate of drug-likeness (QED) is 0.873. The molecular formula is C8H10F3N3OS. The lowest BCUT2D eigenvalue weighted by molar-refractivity contribution is -0.144. The Balaban J connectivity index is 2.03. The molecular weight excluding hydrogens is 243 g/mol. The third-order valence-corrected chi connectivity index (χ3v) is 3.02. The summed E-state index contributed by atoms with van der Waals surface area (Å²) in [7, 11) is 0. The molecule has 1 heterocycles. The molecule has 1 fully saturated rings. The van der Waals surface area contributed by atoms with Crippen LogP contribution in [0.5, 0.6) is 5.19 Å². The normalized spacial score (nSPS) is 26.0. The summed E-state index contributed by atoms with van der Waals surface area (Å²) in [5.41, 5.74) is 5.73. The predicted octanol–water partition coefficient (Wildman–Crippen LogP) is 1.82. The van der Waals surface area contributed by atoms with Crippen molar-refractivity contribution in [2.24, 2.45) is 5.73 Å². The molecule has 0 aliphatic heterocycles. The van der Waals surface area contributed by atoms with Crippen LogP contribution in [-0.4, -0.2) is 21.5 Å². The lowest BCUT2D eigenvalue weighted by Crippen LogP contribution is -2.33. The maximum atomic E-state index is 12.2. The predicted molar refractivity (Wildman–Crippen MR) is 51.2 cm³/mol. The molecule has 0 radical (unpaired) electrons. The second-order valence-corrected chi connectivity index (χ2v) is 4.35. The highest BCUT2D eigenvalue weighted by Gasteiger charge is 2.37. The van der Waals surface area contributed by atoms with Crippen molar-refractivity contribution in [2.45, 2.75) is 37.6 Å². The van der Waals surface area contributed by atoms with Crippen LogP contribution < -0.4 is 10.5 Å². The zero-order valence-electron chi connectivity index (χ0n) is 8.20.